The SMILES string of the molecule is Cc1ccc(CN2CCN(C(=O)OC(C)C(F)(F)F)CC2)c(O[C@H]2C[C@H](C(=O)O)C2)c1. The van der Waals surface area contributed by atoms with Gasteiger partial charge in [0.2, 0.25) is 0 Å². The molecule has 1 aromatic carbocycles. The monoisotopic (exact) mass is 444 g/mol. The van der Waals surface area contributed by atoms with Crippen LogP contribution in [-0.4, -0.2) is 71.5 Å². The van der Waals surface area contributed by atoms with Crippen molar-refractivity contribution in [2.75, 3.05) is 26.2 Å². The molecule has 0 bridgehead atoms. The van der Waals surface area contributed by atoms with Crippen LogP contribution in [0.3, 0.4) is 0 Å². The number of hydrogen-bond acceptors (Lipinski definition) is 5. The smallest absolute Gasteiger partial charge is 0.425 e. The number of carboxylic acids is 1. The molecule has 10 heteroatoms. The van der Waals surface area contributed by atoms with Crippen molar-refractivity contribution in [3.63, 3.8) is 0 Å². The zero-order chi connectivity index (χ0) is 22.8. The minimum absolute atomic E-state index is 0.121. The van der Waals surface area contributed by atoms with Gasteiger partial charge in [-0.2, -0.15) is 13.2 Å². The number of alkyl halides is 3. The van der Waals surface area contributed by atoms with E-state index in [0.29, 0.717) is 32.5 Å². The third kappa shape index (κ3) is 6.03. The molecule has 3 rings (SSSR count). The Morgan fingerprint density at radius 1 is 1.19 bits per heavy atom. The molecular formula is C21H27F3N2O5. The Hall–Kier alpha value is -2.49. The van der Waals surface area contributed by atoms with Gasteiger partial charge in [0.1, 0.15) is 11.9 Å². The van der Waals surface area contributed by atoms with E-state index in [1.165, 1.54) is 4.90 Å². The Kier molecular flexibility index (Phi) is 6.98. The van der Waals surface area contributed by atoms with Gasteiger partial charge in [-0.15, -0.1) is 0 Å². The maximum absolute atomic E-state index is 12.6. The molecule has 2 fully saturated rings. The normalized spacial score (nSPS) is 23.1. The number of hydrogen-bond donors (Lipinski definition) is 1. The van der Waals surface area contributed by atoms with E-state index in [4.69, 9.17) is 9.84 Å². The van der Waals surface area contributed by atoms with Crippen LogP contribution >= 0.6 is 0 Å². The number of benzene rings is 1. The van der Waals surface area contributed by atoms with E-state index < -0.39 is 24.3 Å². The van der Waals surface area contributed by atoms with Crippen LogP contribution in [0.5, 0.6) is 5.75 Å². The molecule has 0 aromatic heterocycles. The van der Waals surface area contributed by atoms with Gasteiger partial charge >= 0.3 is 18.2 Å². The van der Waals surface area contributed by atoms with E-state index in [0.717, 1.165) is 23.8 Å². The molecule has 1 saturated heterocycles. The highest BCUT2D eigenvalue weighted by Gasteiger charge is 2.40. The Labute approximate surface area is 178 Å². The van der Waals surface area contributed by atoms with Gasteiger partial charge in [-0.3, -0.25) is 9.69 Å². The first-order chi connectivity index (χ1) is 14.5. The fourth-order valence-electron chi connectivity index (χ4n) is 3.57. The lowest BCUT2D eigenvalue weighted by Gasteiger charge is -2.36. The second kappa shape index (κ2) is 9.33. The predicted octanol–water partition coefficient (Wildman–Crippen LogP) is 3.44. The third-order valence-corrected chi connectivity index (χ3v) is 5.72. The molecular weight excluding hydrogens is 417 g/mol. The summed E-state index contributed by atoms with van der Waals surface area (Å²) in [5.41, 5.74) is 1.98. The highest BCUT2D eigenvalue weighted by molar-refractivity contribution is 5.71. The quantitative estimate of drug-likeness (QED) is 0.724. The van der Waals surface area contributed by atoms with E-state index in [-0.39, 0.29) is 25.1 Å². The van der Waals surface area contributed by atoms with Gasteiger partial charge in [-0.05, 0) is 38.3 Å². The number of carbonyl (C=O) groups is 2. The zero-order valence-electron chi connectivity index (χ0n) is 17.5. The Bertz CT molecular complexity index is 803. The van der Waals surface area contributed by atoms with Gasteiger partial charge < -0.3 is 19.5 Å². The summed E-state index contributed by atoms with van der Waals surface area (Å²) in [5.74, 6) is -0.439. The molecule has 1 amide bonds. The van der Waals surface area contributed by atoms with Gasteiger partial charge in [-0.25, -0.2) is 4.79 Å². The summed E-state index contributed by atoms with van der Waals surface area (Å²) < 4.78 is 48.3. The minimum Gasteiger partial charge on any atom is -0.490 e. The summed E-state index contributed by atoms with van der Waals surface area (Å²) in [7, 11) is 0. The predicted molar refractivity (Wildman–Crippen MR) is 105 cm³/mol. The Morgan fingerprint density at radius 3 is 2.42 bits per heavy atom. The average Bonchev–Trinajstić information content (AvgIpc) is 2.65. The second-order valence-corrected chi connectivity index (χ2v) is 8.19. The number of halogens is 3. The molecule has 1 unspecified atom stereocenters. The molecule has 1 N–H and O–H groups in total. The molecule has 0 radical (unpaired) electrons. The third-order valence-electron chi connectivity index (χ3n) is 5.72. The number of rotatable bonds is 6. The van der Waals surface area contributed by atoms with E-state index in [2.05, 4.69) is 9.64 Å². The van der Waals surface area contributed by atoms with Crippen LogP contribution in [0, 0.1) is 12.8 Å². The topological polar surface area (TPSA) is 79.3 Å². The lowest BCUT2D eigenvalue weighted by atomic mass is 9.82. The standard InChI is InChI=1S/C21H27F3N2O5/c1-13-3-4-15(18(9-13)31-17-10-16(11-17)19(27)28)12-25-5-7-26(8-6-25)20(29)30-14(2)21(22,23)24/h3-4,9,14,16-17H,5-8,10-12H2,1-2H3,(H,27,28)/t14?,16-,17-. The van der Waals surface area contributed by atoms with Gasteiger partial charge in [0.05, 0.1) is 5.92 Å². The van der Waals surface area contributed by atoms with Crippen molar-refractivity contribution in [2.45, 2.75) is 51.6 Å². The van der Waals surface area contributed by atoms with Crippen LogP contribution < -0.4 is 4.74 Å². The van der Waals surface area contributed by atoms with Gasteiger partial charge in [0.15, 0.2) is 6.10 Å². The Morgan fingerprint density at radius 2 is 1.84 bits per heavy atom. The largest absolute Gasteiger partial charge is 0.490 e. The van der Waals surface area contributed by atoms with Crippen molar-refractivity contribution in [1.82, 2.24) is 9.80 Å². The number of nitrogens with zero attached hydrogens (tertiary/aromatic N) is 2. The van der Waals surface area contributed by atoms with Crippen LogP contribution in [0.1, 0.15) is 30.9 Å². The van der Waals surface area contributed by atoms with E-state index in [9.17, 15) is 22.8 Å². The summed E-state index contributed by atoms with van der Waals surface area (Å²) in [6.07, 6.45) is -6.83. The number of amides is 1. The number of carboxylic acid groups (broad SMARTS) is 1. The summed E-state index contributed by atoms with van der Waals surface area (Å²) in [6, 6.07) is 5.86. The first-order valence-corrected chi connectivity index (χ1v) is 10.3. The minimum atomic E-state index is -4.58. The maximum atomic E-state index is 12.6. The lowest BCUT2D eigenvalue weighted by molar-refractivity contribution is -0.200. The van der Waals surface area contributed by atoms with E-state index >= 15 is 0 Å². The van der Waals surface area contributed by atoms with E-state index in [1.54, 1.807) is 0 Å². The molecule has 1 aromatic rings. The van der Waals surface area contributed by atoms with E-state index in [1.807, 2.05) is 25.1 Å². The van der Waals surface area contributed by atoms with Crippen molar-refractivity contribution >= 4 is 12.1 Å². The Balaban J connectivity index is 1.52. The van der Waals surface area contributed by atoms with Crippen molar-refractivity contribution in [1.29, 1.82) is 0 Å². The second-order valence-electron chi connectivity index (χ2n) is 8.19. The fourth-order valence-corrected chi connectivity index (χ4v) is 3.57. The molecule has 0 spiro atoms. The maximum Gasteiger partial charge on any atom is 0.425 e. The molecule has 1 atom stereocenters. The molecule has 31 heavy (non-hydrogen) atoms. The van der Waals surface area contributed by atoms with Crippen LogP contribution in [0.15, 0.2) is 18.2 Å². The van der Waals surface area contributed by atoms with Crippen LogP contribution in [-0.2, 0) is 16.1 Å². The highest BCUT2D eigenvalue weighted by Crippen LogP contribution is 2.33. The van der Waals surface area contributed by atoms with Crippen LogP contribution in [0.25, 0.3) is 0 Å². The molecule has 172 valence electrons. The number of carbonyl (C=O) groups excluding carboxylic acids is 1. The molecule has 1 aliphatic heterocycles. The summed E-state index contributed by atoms with van der Waals surface area (Å²) in [6.45, 7) is 4.85. The van der Waals surface area contributed by atoms with Gasteiger partial charge in [0, 0.05) is 38.3 Å². The van der Waals surface area contributed by atoms with Crippen molar-refractivity contribution < 1.29 is 37.3 Å². The van der Waals surface area contributed by atoms with Gasteiger partial charge in [0.25, 0.3) is 0 Å². The molecule has 1 aliphatic carbocycles. The van der Waals surface area contributed by atoms with Crippen LogP contribution in [0.2, 0.25) is 0 Å². The summed E-state index contributed by atoms with van der Waals surface area (Å²) in [5, 5.41) is 9.03. The van der Waals surface area contributed by atoms with Crippen molar-refractivity contribution in [2.24, 2.45) is 5.92 Å². The van der Waals surface area contributed by atoms with Crippen molar-refractivity contribution in [3.8, 4) is 5.75 Å². The van der Waals surface area contributed by atoms with Crippen LogP contribution in [0.4, 0.5) is 18.0 Å². The molecule has 2 aliphatic rings. The highest BCUT2D eigenvalue weighted by atomic mass is 19.4. The first-order valence-electron chi connectivity index (χ1n) is 10.3. The molecule has 1 heterocycles. The van der Waals surface area contributed by atoms with Crippen molar-refractivity contribution in [3.05, 3.63) is 29.3 Å². The molecule has 7 nitrogen and oxygen atoms in total. The first kappa shape index (κ1) is 23.2. The van der Waals surface area contributed by atoms with Gasteiger partial charge in [-0.1, -0.05) is 12.1 Å². The number of ether oxygens (including phenoxy) is 2. The fraction of sp³-hybridized carbons (Fsp3) is 0.619. The number of piperazine rings is 1. The molecule has 1 saturated carbocycles. The summed E-state index contributed by atoms with van der Waals surface area (Å²) >= 11 is 0. The summed E-state index contributed by atoms with van der Waals surface area (Å²) in [4.78, 5) is 26.3. The average molecular weight is 444 g/mol. The lowest BCUT2D eigenvalue weighted by Crippen LogP contribution is -2.49. The zero-order valence-corrected chi connectivity index (χ0v) is 17.5. The number of aryl methyl sites for hydroxylation is 1. The number of aliphatic carboxylic acids is 1.